The zero-order valence-electron chi connectivity index (χ0n) is 15.4. The number of nitrogens with one attached hydrogen (secondary N) is 2. The highest BCUT2D eigenvalue weighted by molar-refractivity contribution is 5.79. The fourth-order valence-electron chi connectivity index (χ4n) is 2.26. The molecule has 0 unspecified atom stereocenters. The quantitative estimate of drug-likeness (QED) is 0.263. The van der Waals surface area contributed by atoms with Crippen LogP contribution in [0.25, 0.3) is 0 Å². The molecule has 0 aromatic heterocycles. The second-order valence-corrected chi connectivity index (χ2v) is 5.68. The smallest absolute Gasteiger partial charge is 0.305 e. The number of carbonyl (C=O) groups excluding carboxylic acids is 1. The molecule has 0 saturated heterocycles. The molecule has 0 saturated carbocycles. The number of aliphatic imine (C=N–C) groups is 1. The largest absolute Gasteiger partial charge is 0.494 e. The minimum atomic E-state index is -0.126. The van der Waals surface area contributed by atoms with Crippen molar-refractivity contribution in [3.05, 3.63) is 30.3 Å². The van der Waals surface area contributed by atoms with Crippen molar-refractivity contribution in [3.63, 3.8) is 0 Å². The first-order valence-corrected chi connectivity index (χ1v) is 8.95. The predicted octanol–water partition coefficient (Wildman–Crippen LogP) is 2.74. The van der Waals surface area contributed by atoms with Crippen LogP contribution in [0.2, 0.25) is 0 Å². The van der Waals surface area contributed by atoms with Gasteiger partial charge >= 0.3 is 5.97 Å². The molecule has 0 heterocycles. The van der Waals surface area contributed by atoms with Gasteiger partial charge in [-0.3, -0.25) is 9.79 Å². The third kappa shape index (κ3) is 11.0. The summed E-state index contributed by atoms with van der Waals surface area (Å²) in [5.74, 6) is 1.59. The zero-order valence-corrected chi connectivity index (χ0v) is 15.4. The maximum Gasteiger partial charge on any atom is 0.305 e. The number of para-hydroxylation sites is 1. The summed E-state index contributed by atoms with van der Waals surface area (Å²) in [6.45, 7) is 2.36. The summed E-state index contributed by atoms with van der Waals surface area (Å²) in [5, 5.41) is 6.57. The maximum absolute atomic E-state index is 11.0. The van der Waals surface area contributed by atoms with Crippen LogP contribution < -0.4 is 15.4 Å². The van der Waals surface area contributed by atoms with E-state index in [1.165, 1.54) is 7.11 Å². The Kier molecular flexibility index (Phi) is 11.8. The van der Waals surface area contributed by atoms with Gasteiger partial charge in [0.05, 0.1) is 13.7 Å². The van der Waals surface area contributed by atoms with Crippen LogP contribution in [0.15, 0.2) is 35.3 Å². The Hall–Kier alpha value is -2.24. The first-order valence-electron chi connectivity index (χ1n) is 8.95. The number of methoxy groups -OCH3 is 1. The number of unbranched alkanes of at least 4 members (excludes halogenated alkanes) is 3. The molecule has 1 aromatic carbocycles. The third-order valence-corrected chi connectivity index (χ3v) is 3.68. The molecule has 0 spiro atoms. The highest BCUT2D eigenvalue weighted by Gasteiger charge is 2.00. The van der Waals surface area contributed by atoms with Gasteiger partial charge < -0.3 is 20.1 Å². The number of rotatable bonds is 12. The number of nitrogens with zero attached hydrogens (tertiary/aromatic N) is 1. The molecule has 0 fully saturated rings. The van der Waals surface area contributed by atoms with Crippen LogP contribution in [0, 0.1) is 0 Å². The lowest BCUT2D eigenvalue weighted by molar-refractivity contribution is -0.140. The van der Waals surface area contributed by atoms with Crippen LogP contribution in [-0.2, 0) is 9.53 Å². The molecule has 25 heavy (non-hydrogen) atoms. The summed E-state index contributed by atoms with van der Waals surface area (Å²) >= 11 is 0. The molecular formula is C19H31N3O3. The fourth-order valence-corrected chi connectivity index (χ4v) is 2.26. The Morgan fingerprint density at radius 1 is 1.00 bits per heavy atom. The zero-order chi connectivity index (χ0) is 18.2. The first-order chi connectivity index (χ1) is 12.3. The van der Waals surface area contributed by atoms with Gasteiger partial charge in [-0.15, -0.1) is 0 Å². The minimum absolute atomic E-state index is 0.126. The van der Waals surface area contributed by atoms with Crippen molar-refractivity contribution >= 4 is 11.9 Å². The topological polar surface area (TPSA) is 72.0 Å². The van der Waals surface area contributed by atoms with Gasteiger partial charge in [-0.1, -0.05) is 31.0 Å². The predicted molar refractivity (Wildman–Crippen MR) is 101 cm³/mol. The van der Waals surface area contributed by atoms with Crippen molar-refractivity contribution in [2.24, 2.45) is 4.99 Å². The van der Waals surface area contributed by atoms with Crippen LogP contribution in [0.5, 0.6) is 5.75 Å². The Morgan fingerprint density at radius 2 is 1.68 bits per heavy atom. The SMILES string of the molecule is CN=C(NCCCCCCC(=O)OC)NCCCOc1ccccc1. The number of benzene rings is 1. The van der Waals surface area contributed by atoms with Crippen LogP contribution in [-0.4, -0.2) is 45.8 Å². The normalized spacial score (nSPS) is 11.0. The van der Waals surface area contributed by atoms with E-state index < -0.39 is 0 Å². The molecular weight excluding hydrogens is 318 g/mol. The van der Waals surface area contributed by atoms with Crippen molar-refractivity contribution < 1.29 is 14.3 Å². The van der Waals surface area contributed by atoms with Gasteiger partial charge in [-0.25, -0.2) is 0 Å². The van der Waals surface area contributed by atoms with Crippen LogP contribution >= 0.6 is 0 Å². The van der Waals surface area contributed by atoms with Crippen LogP contribution in [0.1, 0.15) is 38.5 Å². The van der Waals surface area contributed by atoms with Crippen molar-refractivity contribution in [2.45, 2.75) is 38.5 Å². The summed E-state index contributed by atoms with van der Waals surface area (Å²) < 4.78 is 10.3. The highest BCUT2D eigenvalue weighted by Crippen LogP contribution is 2.08. The molecule has 0 aliphatic heterocycles. The summed E-state index contributed by atoms with van der Waals surface area (Å²) in [5.41, 5.74) is 0. The Balaban J connectivity index is 1.97. The van der Waals surface area contributed by atoms with Gasteiger partial charge in [0.1, 0.15) is 5.75 Å². The third-order valence-electron chi connectivity index (χ3n) is 3.68. The Bertz CT molecular complexity index is 492. The molecule has 0 aliphatic rings. The van der Waals surface area contributed by atoms with Gasteiger partial charge in [0.25, 0.3) is 0 Å². The van der Waals surface area contributed by atoms with E-state index in [0.29, 0.717) is 13.0 Å². The monoisotopic (exact) mass is 349 g/mol. The summed E-state index contributed by atoms with van der Waals surface area (Å²) in [4.78, 5) is 15.2. The molecule has 6 nitrogen and oxygen atoms in total. The molecule has 0 atom stereocenters. The molecule has 0 amide bonds. The summed E-state index contributed by atoms with van der Waals surface area (Å²) in [7, 11) is 3.20. The van der Waals surface area contributed by atoms with Gasteiger partial charge in [0.15, 0.2) is 5.96 Å². The lowest BCUT2D eigenvalue weighted by Gasteiger charge is -2.12. The fraction of sp³-hybridized carbons (Fsp3) is 0.579. The molecule has 0 aliphatic carbocycles. The second kappa shape index (κ2) is 14.1. The van der Waals surface area contributed by atoms with E-state index >= 15 is 0 Å². The van der Waals surface area contributed by atoms with Crippen molar-refractivity contribution in [2.75, 3.05) is 33.9 Å². The lowest BCUT2D eigenvalue weighted by atomic mass is 10.1. The van der Waals surface area contributed by atoms with Gasteiger partial charge in [-0.2, -0.15) is 0 Å². The maximum atomic E-state index is 11.0. The first kappa shape index (κ1) is 20.8. The van der Waals surface area contributed by atoms with E-state index in [4.69, 9.17) is 4.74 Å². The second-order valence-electron chi connectivity index (χ2n) is 5.68. The lowest BCUT2D eigenvalue weighted by Crippen LogP contribution is -2.38. The van der Waals surface area contributed by atoms with Gasteiger partial charge in [0.2, 0.25) is 0 Å². The number of guanidine groups is 1. The highest BCUT2D eigenvalue weighted by atomic mass is 16.5. The number of hydrogen-bond donors (Lipinski definition) is 2. The average molecular weight is 349 g/mol. The summed E-state index contributed by atoms with van der Waals surface area (Å²) in [6, 6.07) is 9.82. The number of hydrogen-bond acceptors (Lipinski definition) is 4. The molecule has 1 rings (SSSR count). The van der Waals surface area contributed by atoms with Crippen molar-refractivity contribution in [1.29, 1.82) is 0 Å². The van der Waals surface area contributed by atoms with Crippen molar-refractivity contribution in [3.8, 4) is 5.75 Å². The van der Waals surface area contributed by atoms with E-state index in [9.17, 15) is 4.79 Å². The Labute approximate surface area is 151 Å². The number of ether oxygens (including phenoxy) is 2. The number of carbonyl (C=O) groups is 1. The van der Waals surface area contributed by atoms with E-state index in [-0.39, 0.29) is 5.97 Å². The van der Waals surface area contributed by atoms with Crippen LogP contribution in [0.4, 0.5) is 0 Å². The van der Waals surface area contributed by atoms with E-state index in [2.05, 4.69) is 20.4 Å². The summed E-state index contributed by atoms with van der Waals surface area (Å²) in [6.07, 6.45) is 5.49. The molecule has 1 aromatic rings. The molecule has 0 radical (unpaired) electrons. The number of esters is 1. The van der Waals surface area contributed by atoms with Crippen LogP contribution in [0.3, 0.4) is 0 Å². The van der Waals surface area contributed by atoms with Gasteiger partial charge in [0, 0.05) is 26.6 Å². The standard InChI is InChI=1S/C19H31N3O3/c1-20-19(21-14-9-4-3-8-13-18(23)24-2)22-15-10-16-25-17-11-6-5-7-12-17/h5-7,11-12H,3-4,8-10,13-16H2,1-2H3,(H2,20,21,22). The molecule has 6 heteroatoms. The minimum Gasteiger partial charge on any atom is -0.494 e. The van der Waals surface area contributed by atoms with Crippen molar-refractivity contribution in [1.82, 2.24) is 10.6 Å². The molecule has 2 N–H and O–H groups in total. The van der Waals surface area contributed by atoms with E-state index in [1.807, 2.05) is 30.3 Å². The van der Waals surface area contributed by atoms with E-state index in [1.54, 1.807) is 7.05 Å². The molecule has 0 bridgehead atoms. The van der Waals surface area contributed by atoms with E-state index in [0.717, 1.165) is 56.9 Å². The average Bonchev–Trinajstić information content (AvgIpc) is 2.65. The molecule has 140 valence electrons. The van der Waals surface area contributed by atoms with Gasteiger partial charge in [-0.05, 0) is 31.4 Å². The Morgan fingerprint density at radius 3 is 2.36 bits per heavy atom.